The molecule has 0 spiro atoms. The molecule has 0 amide bonds. The summed E-state index contributed by atoms with van der Waals surface area (Å²) in [6, 6.07) is 32.6. The van der Waals surface area contributed by atoms with Gasteiger partial charge in [0.25, 0.3) is 0 Å². The van der Waals surface area contributed by atoms with Crippen molar-refractivity contribution >= 4 is 29.9 Å². The van der Waals surface area contributed by atoms with Crippen LogP contribution in [0.1, 0.15) is 5.56 Å². The van der Waals surface area contributed by atoms with Gasteiger partial charge in [0.15, 0.2) is 0 Å². The SMILES string of the molecule is N#CC(C#N)=Cc1ccccc1P(c1ccccc1)c1ccccc1. The number of allylic oxidation sites excluding steroid dienone is 1. The summed E-state index contributed by atoms with van der Waals surface area (Å²) < 4.78 is 0. The van der Waals surface area contributed by atoms with E-state index in [0.717, 1.165) is 10.9 Å². The number of nitrogens with zero attached hydrogens (tertiary/aromatic N) is 2. The van der Waals surface area contributed by atoms with Gasteiger partial charge in [-0.25, -0.2) is 0 Å². The van der Waals surface area contributed by atoms with Crippen molar-refractivity contribution in [1.29, 1.82) is 10.5 Å². The number of nitriles is 2. The first-order chi connectivity index (χ1) is 12.3. The normalized spacial score (nSPS) is 9.88. The van der Waals surface area contributed by atoms with E-state index in [1.54, 1.807) is 6.08 Å². The molecule has 3 aromatic rings. The zero-order chi connectivity index (χ0) is 17.5. The van der Waals surface area contributed by atoms with Crippen LogP contribution in [0.25, 0.3) is 6.08 Å². The molecule has 0 aromatic heterocycles. The molecule has 3 heteroatoms. The molecular formula is C22H15N2P. The zero-order valence-electron chi connectivity index (χ0n) is 13.5. The lowest BCUT2D eigenvalue weighted by Gasteiger charge is -2.21. The predicted molar refractivity (Wildman–Crippen MR) is 104 cm³/mol. The first-order valence-electron chi connectivity index (χ1n) is 7.84. The summed E-state index contributed by atoms with van der Waals surface area (Å²) in [6.07, 6.45) is 1.68. The molecule has 0 heterocycles. The van der Waals surface area contributed by atoms with Crippen LogP contribution < -0.4 is 15.9 Å². The molecule has 0 bridgehead atoms. The van der Waals surface area contributed by atoms with Crippen molar-refractivity contribution in [2.24, 2.45) is 0 Å². The van der Waals surface area contributed by atoms with Crippen LogP contribution in [0.4, 0.5) is 0 Å². The average Bonchev–Trinajstić information content (AvgIpc) is 2.69. The summed E-state index contributed by atoms with van der Waals surface area (Å²) in [5.74, 6) is 0. The first-order valence-corrected chi connectivity index (χ1v) is 9.19. The third-order valence-corrected chi connectivity index (χ3v) is 6.27. The van der Waals surface area contributed by atoms with Gasteiger partial charge < -0.3 is 0 Å². The molecule has 0 aliphatic carbocycles. The minimum atomic E-state index is -0.771. The molecular weight excluding hydrogens is 323 g/mol. The van der Waals surface area contributed by atoms with Crippen LogP contribution in [-0.4, -0.2) is 0 Å². The second-order valence-electron chi connectivity index (χ2n) is 5.35. The van der Waals surface area contributed by atoms with Gasteiger partial charge in [-0.15, -0.1) is 0 Å². The third-order valence-electron chi connectivity index (χ3n) is 3.75. The predicted octanol–water partition coefficient (Wildman–Crippen LogP) is 3.88. The lowest BCUT2D eigenvalue weighted by molar-refractivity contribution is 1.47. The fraction of sp³-hybridized carbons (Fsp3) is 0. The Bertz CT molecular complexity index is 909. The highest BCUT2D eigenvalue weighted by Gasteiger charge is 2.18. The van der Waals surface area contributed by atoms with Crippen LogP contribution >= 0.6 is 7.92 Å². The van der Waals surface area contributed by atoms with Gasteiger partial charge in [-0.05, 0) is 35.5 Å². The van der Waals surface area contributed by atoms with E-state index in [2.05, 4.69) is 30.3 Å². The molecule has 0 N–H and O–H groups in total. The van der Waals surface area contributed by atoms with Crippen LogP contribution in [0.3, 0.4) is 0 Å². The topological polar surface area (TPSA) is 47.6 Å². The van der Waals surface area contributed by atoms with E-state index in [1.807, 2.05) is 66.7 Å². The molecule has 0 atom stereocenters. The third kappa shape index (κ3) is 3.84. The highest BCUT2D eigenvalue weighted by atomic mass is 31.1. The van der Waals surface area contributed by atoms with Crippen molar-refractivity contribution in [3.05, 3.63) is 96.1 Å². The van der Waals surface area contributed by atoms with Crippen molar-refractivity contribution in [3.63, 3.8) is 0 Å². The van der Waals surface area contributed by atoms with Crippen LogP contribution in [0.2, 0.25) is 0 Å². The van der Waals surface area contributed by atoms with E-state index in [-0.39, 0.29) is 5.57 Å². The largest absolute Gasteiger partial charge is 0.192 e. The maximum atomic E-state index is 9.12. The second kappa shape index (κ2) is 8.07. The van der Waals surface area contributed by atoms with Gasteiger partial charge in [0, 0.05) is 0 Å². The quantitative estimate of drug-likeness (QED) is 0.535. The average molecular weight is 338 g/mol. The monoisotopic (exact) mass is 338 g/mol. The molecule has 118 valence electrons. The number of benzene rings is 3. The molecule has 0 radical (unpaired) electrons. The van der Waals surface area contributed by atoms with Gasteiger partial charge in [0.2, 0.25) is 0 Å². The fourth-order valence-corrected chi connectivity index (χ4v) is 5.07. The van der Waals surface area contributed by atoms with Gasteiger partial charge in [-0.1, -0.05) is 84.9 Å². The van der Waals surface area contributed by atoms with Crippen LogP contribution in [-0.2, 0) is 0 Å². The summed E-state index contributed by atoms with van der Waals surface area (Å²) in [4.78, 5) is 0. The molecule has 0 aliphatic heterocycles. The zero-order valence-corrected chi connectivity index (χ0v) is 14.4. The molecule has 2 nitrogen and oxygen atoms in total. The van der Waals surface area contributed by atoms with Crippen molar-refractivity contribution in [2.75, 3.05) is 0 Å². The number of hydrogen-bond donors (Lipinski definition) is 0. The second-order valence-corrected chi connectivity index (χ2v) is 7.53. The summed E-state index contributed by atoms with van der Waals surface area (Å²) >= 11 is 0. The minimum Gasteiger partial charge on any atom is -0.192 e. The van der Waals surface area contributed by atoms with E-state index in [9.17, 15) is 0 Å². The van der Waals surface area contributed by atoms with Crippen LogP contribution in [0.15, 0.2) is 90.5 Å². The smallest absolute Gasteiger partial charge is 0.130 e. The van der Waals surface area contributed by atoms with E-state index >= 15 is 0 Å². The fourth-order valence-electron chi connectivity index (χ4n) is 2.64. The number of hydrogen-bond acceptors (Lipinski definition) is 2. The van der Waals surface area contributed by atoms with Gasteiger partial charge in [0.05, 0.1) is 0 Å². The molecule has 25 heavy (non-hydrogen) atoms. The maximum absolute atomic E-state index is 9.12. The minimum absolute atomic E-state index is 0.114. The molecule has 0 aliphatic rings. The van der Waals surface area contributed by atoms with Gasteiger partial charge >= 0.3 is 0 Å². The molecule has 0 saturated heterocycles. The molecule has 3 aromatic carbocycles. The molecule has 0 fully saturated rings. The Kier molecular flexibility index (Phi) is 5.38. The van der Waals surface area contributed by atoms with E-state index in [4.69, 9.17) is 10.5 Å². The van der Waals surface area contributed by atoms with Crippen molar-refractivity contribution in [2.45, 2.75) is 0 Å². The van der Waals surface area contributed by atoms with Gasteiger partial charge in [-0.3, -0.25) is 0 Å². The standard InChI is InChI=1S/C22H15N2P/c23-16-18(17-24)15-19-9-7-8-14-22(19)25(20-10-3-1-4-11-20)21-12-5-2-6-13-21/h1-15H. The summed E-state index contributed by atoms with van der Waals surface area (Å²) in [7, 11) is -0.771. The summed E-state index contributed by atoms with van der Waals surface area (Å²) in [5, 5.41) is 21.8. The summed E-state index contributed by atoms with van der Waals surface area (Å²) in [6.45, 7) is 0. The Morgan fingerprint density at radius 3 is 1.68 bits per heavy atom. The Hall–Kier alpha value is -3.19. The van der Waals surface area contributed by atoms with E-state index < -0.39 is 7.92 Å². The Morgan fingerprint density at radius 2 is 1.16 bits per heavy atom. The lowest BCUT2D eigenvalue weighted by Crippen LogP contribution is -2.22. The molecule has 3 rings (SSSR count). The van der Waals surface area contributed by atoms with Gasteiger partial charge in [0.1, 0.15) is 17.7 Å². The highest BCUT2D eigenvalue weighted by Crippen LogP contribution is 2.34. The Balaban J connectivity index is 2.21. The van der Waals surface area contributed by atoms with E-state index in [1.165, 1.54) is 10.6 Å². The Morgan fingerprint density at radius 1 is 0.680 bits per heavy atom. The molecule has 0 unspecified atom stereocenters. The van der Waals surface area contributed by atoms with Crippen molar-refractivity contribution in [1.82, 2.24) is 0 Å². The Labute approximate surface area is 149 Å². The van der Waals surface area contributed by atoms with E-state index in [0.29, 0.717) is 0 Å². The van der Waals surface area contributed by atoms with Crippen LogP contribution in [0, 0.1) is 22.7 Å². The van der Waals surface area contributed by atoms with Crippen molar-refractivity contribution < 1.29 is 0 Å². The van der Waals surface area contributed by atoms with Crippen molar-refractivity contribution in [3.8, 4) is 12.1 Å². The molecule has 0 saturated carbocycles. The van der Waals surface area contributed by atoms with Gasteiger partial charge in [-0.2, -0.15) is 10.5 Å². The maximum Gasteiger partial charge on any atom is 0.130 e. The number of rotatable bonds is 4. The van der Waals surface area contributed by atoms with Crippen LogP contribution in [0.5, 0.6) is 0 Å². The highest BCUT2D eigenvalue weighted by molar-refractivity contribution is 7.80. The summed E-state index contributed by atoms with van der Waals surface area (Å²) in [5.41, 5.74) is 1.03. The first kappa shape index (κ1) is 16.7. The lowest BCUT2D eigenvalue weighted by atomic mass is 10.1.